The molecule has 0 unspecified atom stereocenters. The molecule has 5 aromatic rings. The number of hydrogen-bond donors (Lipinski definition) is 3. The number of nitrogens with one attached hydrogen (secondary N) is 2. The van der Waals surface area contributed by atoms with Crippen molar-refractivity contribution in [3.05, 3.63) is 54.6 Å². The first kappa shape index (κ1) is 23.0. The summed E-state index contributed by atoms with van der Waals surface area (Å²) in [6.45, 7) is 3.76. The van der Waals surface area contributed by atoms with Crippen molar-refractivity contribution in [1.82, 2.24) is 30.1 Å². The van der Waals surface area contributed by atoms with Gasteiger partial charge in [-0.25, -0.2) is 9.97 Å². The van der Waals surface area contributed by atoms with Crippen LogP contribution in [-0.2, 0) is 6.42 Å². The SMILES string of the molecule is CCc1nccc(-c2cc(NC3CCN(c4nc(N)nc5[nH]ncc45)CC3)c3cc(OC)ccc3c2)n1. The predicted molar refractivity (Wildman–Crippen MR) is 146 cm³/mol. The highest BCUT2D eigenvalue weighted by Crippen LogP contribution is 2.34. The fourth-order valence-electron chi connectivity index (χ4n) is 4.99. The molecule has 37 heavy (non-hydrogen) atoms. The lowest BCUT2D eigenvalue weighted by atomic mass is 9.99. The van der Waals surface area contributed by atoms with E-state index in [1.54, 1.807) is 13.3 Å². The maximum atomic E-state index is 5.95. The quantitative estimate of drug-likeness (QED) is 0.317. The van der Waals surface area contributed by atoms with E-state index in [2.05, 4.69) is 66.6 Å². The number of ether oxygens (including phenoxy) is 1. The van der Waals surface area contributed by atoms with Gasteiger partial charge in [-0.05, 0) is 48.6 Å². The van der Waals surface area contributed by atoms with Gasteiger partial charge in [-0.3, -0.25) is 5.10 Å². The number of hydrogen-bond acceptors (Lipinski definition) is 9. The van der Waals surface area contributed by atoms with Crippen LogP contribution in [0.3, 0.4) is 0 Å². The zero-order chi connectivity index (χ0) is 25.4. The maximum absolute atomic E-state index is 5.95. The van der Waals surface area contributed by atoms with Gasteiger partial charge in [-0.15, -0.1) is 0 Å². The molecular weight excluding hydrogens is 466 g/mol. The van der Waals surface area contributed by atoms with Crippen LogP contribution in [0.1, 0.15) is 25.6 Å². The van der Waals surface area contributed by atoms with Crippen molar-refractivity contribution in [3.63, 3.8) is 0 Å². The van der Waals surface area contributed by atoms with Crippen molar-refractivity contribution in [2.24, 2.45) is 0 Å². The van der Waals surface area contributed by atoms with E-state index in [-0.39, 0.29) is 5.95 Å². The Morgan fingerprint density at radius 2 is 1.95 bits per heavy atom. The average Bonchev–Trinajstić information content (AvgIpc) is 3.41. The van der Waals surface area contributed by atoms with Gasteiger partial charge in [-0.2, -0.15) is 15.1 Å². The summed E-state index contributed by atoms with van der Waals surface area (Å²) in [4.78, 5) is 20.1. The lowest BCUT2D eigenvalue weighted by Crippen LogP contribution is -2.39. The van der Waals surface area contributed by atoms with Crippen LogP contribution < -0.4 is 20.7 Å². The lowest BCUT2D eigenvalue weighted by Gasteiger charge is -2.34. The van der Waals surface area contributed by atoms with Gasteiger partial charge in [0.15, 0.2) is 5.65 Å². The summed E-state index contributed by atoms with van der Waals surface area (Å²) in [5, 5.41) is 14.0. The Bertz CT molecular complexity index is 1570. The minimum absolute atomic E-state index is 0.250. The summed E-state index contributed by atoms with van der Waals surface area (Å²) in [6, 6.07) is 12.8. The van der Waals surface area contributed by atoms with Gasteiger partial charge >= 0.3 is 0 Å². The van der Waals surface area contributed by atoms with Crippen molar-refractivity contribution in [3.8, 4) is 17.0 Å². The lowest BCUT2D eigenvalue weighted by molar-refractivity contribution is 0.415. The van der Waals surface area contributed by atoms with Crippen LogP contribution >= 0.6 is 0 Å². The van der Waals surface area contributed by atoms with Crippen LogP contribution in [0.15, 0.2) is 48.8 Å². The minimum Gasteiger partial charge on any atom is -0.497 e. The molecule has 0 aliphatic carbocycles. The highest BCUT2D eigenvalue weighted by Gasteiger charge is 2.23. The molecule has 1 saturated heterocycles. The zero-order valence-corrected chi connectivity index (χ0v) is 20.9. The number of piperidine rings is 1. The molecule has 0 saturated carbocycles. The number of aryl methyl sites for hydroxylation is 1. The van der Waals surface area contributed by atoms with Gasteiger partial charge < -0.3 is 20.7 Å². The van der Waals surface area contributed by atoms with E-state index in [1.807, 2.05) is 18.3 Å². The Balaban J connectivity index is 1.29. The highest BCUT2D eigenvalue weighted by molar-refractivity contribution is 5.98. The van der Waals surface area contributed by atoms with E-state index in [9.17, 15) is 0 Å². The summed E-state index contributed by atoms with van der Waals surface area (Å²) in [5.41, 5.74) is 9.67. The largest absolute Gasteiger partial charge is 0.497 e. The Morgan fingerprint density at radius 1 is 1.08 bits per heavy atom. The number of nitrogen functional groups attached to an aromatic ring is 1. The van der Waals surface area contributed by atoms with E-state index < -0.39 is 0 Å². The number of fused-ring (bicyclic) bond motifs is 2. The van der Waals surface area contributed by atoms with E-state index >= 15 is 0 Å². The van der Waals surface area contributed by atoms with Gasteiger partial charge in [0.05, 0.1) is 24.4 Å². The molecule has 4 N–H and O–H groups in total. The third kappa shape index (κ3) is 4.46. The molecule has 3 aromatic heterocycles. The van der Waals surface area contributed by atoms with Gasteiger partial charge in [0, 0.05) is 48.4 Å². The molecule has 10 heteroatoms. The second kappa shape index (κ2) is 9.53. The standard InChI is InChI=1S/C27H29N9O/c1-3-24-29-9-6-22(32-24)17-12-16-4-5-19(37-2)14-20(16)23(13-17)31-18-7-10-36(11-8-18)26-21-15-30-35-25(21)33-27(28)34-26/h4-6,9,12-15,18,31H,3,7-8,10-11H2,1-2H3,(H3,28,30,33,34,35). The Morgan fingerprint density at radius 3 is 2.76 bits per heavy atom. The van der Waals surface area contributed by atoms with Crippen molar-refractivity contribution in [2.75, 3.05) is 36.1 Å². The molecule has 0 atom stereocenters. The van der Waals surface area contributed by atoms with Crippen molar-refractivity contribution in [2.45, 2.75) is 32.2 Å². The molecule has 1 fully saturated rings. The molecule has 2 aromatic carbocycles. The Kier molecular flexibility index (Phi) is 5.91. The molecule has 188 valence electrons. The molecule has 1 aliphatic heterocycles. The van der Waals surface area contributed by atoms with E-state index in [1.165, 1.54) is 0 Å². The Hall–Kier alpha value is -4.47. The Labute approximate surface area is 214 Å². The molecule has 4 heterocycles. The molecular formula is C27H29N9O. The van der Waals surface area contributed by atoms with E-state index in [0.29, 0.717) is 11.7 Å². The fourth-order valence-corrected chi connectivity index (χ4v) is 4.99. The molecule has 6 rings (SSSR count). The fraction of sp³-hybridized carbons (Fsp3) is 0.296. The third-order valence-electron chi connectivity index (χ3n) is 6.94. The maximum Gasteiger partial charge on any atom is 0.224 e. The molecule has 0 amide bonds. The number of nitrogens with two attached hydrogens (primary N) is 1. The smallest absolute Gasteiger partial charge is 0.224 e. The topological polar surface area (TPSA) is 131 Å². The number of anilines is 3. The number of H-pyrrole nitrogens is 1. The van der Waals surface area contributed by atoms with Crippen LogP contribution in [0.5, 0.6) is 5.75 Å². The van der Waals surface area contributed by atoms with Gasteiger partial charge in [0.1, 0.15) is 17.4 Å². The van der Waals surface area contributed by atoms with Crippen molar-refractivity contribution in [1.29, 1.82) is 0 Å². The summed E-state index contributed by atoms with van der Waals surface area (Å²) < 4.78 is 5.53. The first-order valence-corrected chi connectivity index (χ1v) is 12.5. The molecule has 1 aliphatic rings. The summed E-state index contributed by atoms with van der Waals surface area (Å²) >= 11 is 0. The van der Waals surface area contributed by atoms with E-state index in [0.717, 1.165) is 82.8 Å². The number of rotatable bonds is 6. The van der Waals surface area contributed by atoms with Crippen molar-refractivity contribution < 1.29 is 4.74 Å². The molecule has 0 spiro atoms. The van der Waals surface area contributed by atoms with Crippen LogP contribution in [0, 0.1) is 0 Å². The second-order valence-electron chi connectivity index (χ2n) is 9.27. The zero-order valence-electron chi connectivity index (χ0n) is 20.9. The number of nitrogens with zero attached hydrogens (tertiary/aromatic N) is 6. The van der Waals surface area contributed by atoms with Crippen LogP contribution in [0.4, 0.5) is 17.5 Å². The van der Waals surface area contributed by atoms with Crippen molar-refractivity contribution >= 4 is 39.3 Å². The number of benzene rings is 2. The summed E-state index contributed by atoms with van der Waals surface area (Å²) in [7, 11) is 1.70. The van der Waals surface area contributed by atoms with Gasteiger partial charge in [-0.1, -0.05) is 13.0 Å². The van der Waals surface area contributed by atoms with Gasteiger partial charge in [0.2, 0.25) is 5.95 Å². The number of aromatic nitrogens is 6. The van der Waals surface area contributed by atoms with Crippen LogP contribution in [0.25, 0.3) is 33.1 Å². The van der Waals surface area contributed by atoms with E-state index in [4.69, 9.17) is 15.5 Å². The summed E-state index contributed by atoms with van der Waals surface area (Å²) in [5.74, 6) is 2.76. The normalized spacial score (nSPS) is 14.4. The monoisotopic (exact) mass is 495 g/mol. The minimum atomic E-state index is 0.250. The number of methoxy groups -OCH3 is 1. The van der Waals surface area contributed by atoms with Gasteiger partial charge in [0.25, 0.3) is 0 Å². The van der Waals surface area contributed by atoms with Crippen LogP contribution in [0.2, 0.25) is 0 Å². The molecule has 10 nitrogen and oxygen atoms in total. The third-order valence-corrected chi connectivity index (χ3v) is 6.94. The number of aromatic amines is 1. The molecule has 0 bridgehead atoms. The molecule has 0 radical (unpaired) electrons. The van der Waals surface area contributed by atoms with Crippen LogP contribution in [-0.4, -0.2) is 56.4 Å². The highest BCUT2D eigenvalue weighted by atomic mass is 16.5. The summed E-state index contributed by atoms with van der Waals surface area (Å²) in [6.07, 6.45) is 6.29. The predicted octanol–water partition coefficient (Wildman–Crippen LogP) is 4.20. The second-order valence-corrected chi connectivity index (χ2v) is 9.27. The first-order chi connectivity index (χ1) is 18.1. The first-order valence-electron chi connectivity index (χ1n) is 12.5. The average molecular weight is 496 g/mol.